The first-order chi connectivity index (χ1) is 11.3. The van der Waals surface area contributed by atoms with Gasteiger partial charge in [0.15, 0.2) is 0 Å². The highest BCUT2D eigenvalue weighted by molar-refractivity contribution is 5.93. The number of fused-ring (bicyclic) bond motifs is 1. The Morgan fingerprint density at radius 2 is 1.71 bits per heavy atom. The van der Waals surface area contributed by atoms with Gasteiger partial charge in [0.25, 0.3) is 0 Å². The van der Waals surface area contributed by atoms with Gasteiger partial charge in [0.05, 0.1) is 11.2 Å². The van der Waals surface area contributed by atoms with E-state index in [0.717, 1.165) is 35.4 Å². The number of para-hydroxylation sites is 1. The van der Waals surface area contributed by atoms with Crippen molar-refractivity contribution in [3.05, 3.63) is 60.7 Å². The maximum absolute atomic E-state index is 4.81. The first-order valence-electron chi connectivity index (χ1n) is 8.14. The summed E-state index contributed by atoms with van der Waals surface area (Å²) in [5, 5.41) is 8.03. The van der Waals surface area contributed by atoms with Gasteiger partial charge >= 0.3 is 0 Å². The molecule has 1 heterocycles. The van der Waals surface area contributed by atoms with Gasteiger partial charge < -0.3 is 10.6 Å². The van der Waals surface area contributed by atoms with Crippen LogP contribution in [0.4, 0.5) is 5.69 Å². The molecule has 0 saturated carbocycles. The molecule has 1 aromatic heterocycles. The Labute approximate surface area is 149 Å². The Hall–Kier alpha value is -2.10. The zero-order valence-electron chi connectivity index (χ0n) is 14.1. The van der Waals surface area contributed by atoms with E-state index >= 15 is 0 Å². The van der Waals surface area contributed by atoms with E-state index in [4.69, 9.17) is 4.98 Å². The van der Waals surface area contributed by atoms with E-state index < -0.39 is 0 Å². The molecule has 0 amide bonds. The highest BCUT2D eigenvalue weighted by Gasteiger charge is 2.07. The number of pyridine rings is 1. The summed E-state index contributed by atoms with van der Waals surface area (Å²) in [6.07, 6.45) is 1.08. The molecule has 0 fully saturated rings. The third-order valence-corrected chi connectivity index (χ3v) is 4.17. The maximum atomic E-state index is 4.81. The summed E-state index contributed by atoms with van der Waals surface area (Å²) in [5.41, 5.74) is 4.33. The second-order valence-corrected chi connectivity index (χ2v) is 5.84. The maximum Gasteiger partial charge on any atom is 0.0730 e. The molecule has 24 heavy (non-hydrogen) atoms. The SMILES string of the molecule is CNC(C)CCNc1cc(-c2ccccc2)nc2ccccc12.Cl. The predicted molar refractivity (Wildman–Crippen MR) is 106 cm³/mol. The van der Waals surface area contributed by atoms with Crippen molar-refractivity contribution in [3.8, 4) is 11.3 Å². The number of rotatable bonds is 6. The van der Waals surface area contributed by atoms with E-state index in [1.807, 2.05) is 31.3 Å². The van der Waals surface area contributed by atoms with Crippen molar-refractivity contribution in [1.29, 1.82) is 0 Å². The first kappa shape index (κ1) is 18.2. The van der Waals surface area contributed by atoms with Gasteiger partial charge in [-0.25, -0.2) is 4.98 Å². The number of hydrogen-bond acceptors (Lipinski definition) is 3. The second-order valence-electron chi connectivity index (χ2n) is 5.84. The van der Waals surface area contributed by atoms with E-state index in [-0.39, 0.29) is 12.4 Å². The summed E-state index contributed by atoms with van der Waals surface area (Å²) < 4.78 is 0. The van der Waals surface area contributed by atoms with Gasteiger partial charge in [0.1, 0.15) is 0 Å². The number of hydrogen-bond donors (Lipinski definition) is 2. The van der Waals surface area contributed by atoms with Crippen molar-refractivity contribution in [2.75, 3.05) is 18.9 Å². The molecule has 2 N–H and O–H groups in total. The van der Waals surface area contributed by atoms with Gasteiger partial charge in [-0.3, -0.25) is 0 Å². The van der Waals surface area contributed by atoms with Crippen LogP contribution in [0.3, 0.4) is 0 Å². The molecule has 0 spiro atoms. The molecule has 0 radical (unpaired) electrons. The Morgan fingerprint density at radius 1 is 1.00 bits per heavy atom. The largest absolute Gasteiger partial charge is 0.384 e. The van der Waals surface area contributed by atoms with Crippen molar-refractivity contribution in [3.63, 3.8) is 0 Å². The van der Waals surface area contributed by atoms with E-state index in [1.54, 1.807) is 0 Å². The quantitative estimate of drug-likeness (QED) is 0.680. The summed E-state index contributed by atoms with van der Waals surface area (Å²) in [7, 11) is 2.00. The normalized spacial score (nSPS) is 11.8. The van der Waals surface area contributed by atoms with Crippen LogP contribution >= 0.6 is 12.4 Å². The molecule has 0 saturated heterocycles. The van der Waals surface area contributed by atoms with Crippen LogP contribution in [0.25, 0.3) is 22.2 Å². The number of aromatic nitrogens is 1. The zero-order valence-corrected chi connectivity index (χ0v) is 14.9. The molecule has 0 aliphatic rings. The van der Waals surface area contributed by atoms with Crippen LogP contribution in [0, 0.1) is 0 Å². The number of anilines is 1. The molecular formula is C20H24ClN3. The Kier molecular flexibility index (Phi) is 6.59. The highest BCUT2D eigenvalue weighted by Crippen LogP contribution is 2.28. The lowest BCUT2D eigenvalue weighted by molar-refractivity contribution is 0.580. The van der Waals surface area contributed by atoms with E-state index in [1.165, 1.54) is 5.39 Å². The van der Waals surface area contributed by atoms with Crippen molar-refractivity contribution in [1.82, 2.24) is 10.3 Å². The molecule has 3 nitrogen and oxygen atoms in total. The third-order valence-electron chi connectivity index (χ3n) is 4.17. The van der Waals surface area contributed by atoms with Gasteiger partial charge in [0.2, 0.25) is 0 Å². The fourth-order valence-electron chi connectivity index (χ4n) is 2.65. The van der Waals surface area contributed by atoms with Crippen molar-refractivity contribution >= 4 is 29.0 Å². The molecule has 1 unspecified atom stereocenters. The third kappa shape index (κ3) is 4.25. The standard InChI is InChI=1S/C20H23N3.ClH/c1-15(21-2)12-13-22-20-14-19(16-8-4-3-5-9-16)23-18-11-7-6-10-17(18)20;/h3-11,14-15,21H,12-13H2,1-2H3,(H,22,23);1H. The fourth-order valence-corrected chi connectivity index (χ4v) is 2.65. The summed E-state index contributed by atoms with van der Waals surface area (Å²) in [6.45, 7) is 3.13. The lowest BCUT2D eigenvalue weighted by Crippen LogP contribution is -2.24. The minimum Gasteiger partial charge on any atom is -0.384 e. The minimum atomic E-state index is 0. The van der Waals surface area contributed by atoms with Crippen LogP contribution in [0.5, 0.6) is 0 Å². The highest BCUT2D eigenvalue weighted by atomic mass is 35.5. The first-order valence-corrected chi connectivity index (χ1v) is 8.14. The average Bonchev–Trinajstić information content (AvgIpc) is 2.62. The number of benzene rings is 2. The van der Waals surface area contributed by atoms with E-state index in [0.29, 0.717) is 6.04 Å². The minimum absolute atomic E-state index is 0. The van der Waals surface area contributed by atoms with Gasteiger partial charge in [0, 0.05) is 29.2 Å². The van der Waals surface area contributed by atoms with Crippen LogP contribution < -0.4 is 10.6 Å². The van der Waals surface area contributed by atoms with Crippen molar-refractivity contribution in [2.45, 2.75) is 19.4 Å². The molecule has 3 aromatic rings. The Bertz CT molecular complexity index is 774. The molecular weight excluding hydrogens is 318 g/mol. The molecule has 4 heteroatoms. The molecule has 0 aliphatic heterocycles. The molecule has 3 rings (SSSR count). The summed E-state index contributed by atoms with van der Waals surface area (Å²) in [5.74, 6) is 0. The summed E-state index contributed by atoms with van der Waals surface area (Å²) in [4.78, 5) is 4.81. The Morgan fingerprint density at radius 3 is 2.46 bits per heavy atom. The predicted octanol–water partition coefficient (Wildman–Crippen LogP) is 4.73. The zero-order chi connectivity index (χ0) is 16.1. The van der Waals surface area contributed by atoms with Gasteiger partial charge in [-0.2, -0.15) is 0 Å². The van der Waals surface area contributed by atoms with Crippen molar-refractivity contribution < 1.29 is 0 Å². The van der Waals surface area contributed by atoms with Crippen molar-refractivity contribution in [2.24, 2.45) is 0 Å². The fraction of sp³-hybridized carbons (Fsp3) is 0.250. The lowest BCUT2D eigenvalue weighted by atomic mass is 10.1. The second kappa shape index (κ2) is 8.67. The molecule has 2 aromatic carbocycles. The Balaban J connectivity index is 0.00000208. The lowest BCUT2D eigenvalue weighted by Gasteiger charge is -2.14. The van der Waals surface area contributed by atoms with Crippen LogP contribution in [0.1, 0.15) is 13.3 Å². The number of halogens is 1. The molecule has 0 bridgehead atoms. The molecule has 126 valence electrons. The smallest absolute Gasteiger partial charge is 0.0730 e. The molecule has 1 atom stereocenters. The topological polar surface area (TPSA) is 37.0 Å². The molecule has 0 aliphatic carbocycles. The summed E-state index contributed by atoms with van der Waals surface area (Å²) in [6, 6.07) is 21.3. The van der Waals surface area contributed by atoms with Gasteiger partial charge in [-0.15, -0.1) is 12.4 Å². The average molecular weight is 342 g/mol. The summed E-state index contributed by atoms with van der Waals surface area (Å²) >= 11 is 0. The van der Waals surface area contributed by atoms with E-state index in [9.17, 15) is 0 Å². The van der Waals surface area contributed by atoms with Gasteiger partial charge in [-0.1, -0.05) is 48.5 Å². The van der Waals surface area contributed by atoms with Crippen LogP contribution in [0.2, 0.25) is 0 Å². The van der Waals surface area contributed by atoms with Crippen LogP contribution in [-0.2, 0) is 0 Å². The number of nitrogens with zero attached hydrogens (tertiary/aromatic N) is 1. The van der Waals surface area contributed by atoms with Crippen LogP contribution in [-0.4, -0.2) is 24.6 Å². The van der Waals surface area contributed by atoms with Gasteiger partial charge in [-0.05, 0) is 32.5 Å². The van der Waals surface area contributed by atoms with E-state index in [2.05, 4.69) is 54.0 Å². The monoisotopic (exact) mass is 341 g/mol. The van der Waals surface area contributed by atoms with Crippen LogP contribution in [0.15, 0.2) is 60.7 Å². The number of nitrogens with one attached hydrogen (secondary N) is 2.